The van der Waals surface area contributed by atoms with Crippen molar-refractivity contribution in [2.75, 3.05) is 5.32 Å². The molecule has 1 fully saturated rings. The first-order chi connectivity index (χ1) is 9.97. The van der Waals surface area contributed by atoms with Crippen LogP contribution in [0.5, 0.6) is 0 Å². The summed E-state index contributed by atoms with van der Waals surface area (Å²) in [5, 5.41) is 14.6. The molecule has 0 heterocycles. The van der Waals surface area contributed by atoms with Crippen LogP contribution in [0, 0.1) is 11.8 Å². The molecule has 0 bridgehead atoms. The van der Waals surface area contributed by atoms with Gasteiger partial charge in [-0.05, 0) is 36.5 Å². The Morgan fingerprint density at radius 2 is 2.00 bits per heavy atom. The third kappa shape index (κ3) is 3.97. The average molecular weight is 290 g/mol. The molecule has 5 nitrogen and oxygen atoms in total. The number of carbonyl (C=O) groups is 2. The van der Waals surface area contributed by atoms with Gasteiger partial charge in [0.15, 0.2) is 0 Å². The number of carbonyl (C=O) groups excluding carboxylic acids is 1. The lowest BCUT2D eigenvalue weighted by Gasteiger charge is -2.34. The quantitative estimate of drug-likeness (QED) is 0.799. The van der Waals surface area contributed by atoms with Crippen LogP contribution in [0.2, 0.25) is 0 Å². The Labute approximate surface area is 124 Å². The highest BCUT2D eigenvalue weighted by atomic mass is 16.4. The van der Waals surface area contributed by atoms with Crippen LogP contribution in [0.3, 0.4) is 0 Å². The monoisotopic (exact) mass is 290 g/mol. The summed E-state index contributed by atoms with van der Waals surface area (Å²) in [6.45, 7) is 4.38. The van der Waals surface area contributed by atoms with Crippen LogP contribution >= 0.6 is 0 Å². The first-order valence-corrected chi connectivity index (χ1v) is 7.38. The number of hydrogen-bond acceptors (Lipinski definition) is 2. The number of carboxylic acids is 1. The van der Waals surface area contributed by atoms with Gasteiger partial charge in [-0.25, -0.2) is 9.59 Å². The van der Waals surface area contributed by atoms with Gasteiger partial charge in [-0.15, -0.1) is 0 Å². The SMILES string of the molecule is CC1CCCC(NC(=O)Nc2cccc(C(=O)O)c2)C1C. The van der Waals surface area contributed by atoms with Gasteiger partial charge in [0, 0.05) is 11.7 Å². The molecule has 0 aromatic heterocycles. The van der Waals surface area contributed by atoms with Crippen molar-refractivity contribution in [3.05, 3.63) is 29.8 Å². The molecule has 1 aliphatic rings. The molecule has 1 aromatic carbocycles. The van der Waals surface area contributed by atoms with Gasteiger partial charge >= 0.3 is 12.0 Å². The van der Waals surface area contributed by atoms with E-state index in [1.165, 1.54) is 18.6 Å². The van der Waals surface area contributed by atoms with Gasteiger partial charge in [0.25, 0.3) is 0 Å². The fourth-order valence-corrected chi connectivity index (χ4v) is 2.85. The van der Waals surface area contributed by atoms with Crippen LogP contribution in [-0.4, -0.2) is 23.1 Å². The van der Waals surface area contributed by atoms with E-state index >= 15 is 0 Å². The number of nitrogens with one attached hydrogen (secondary N) is 2. The Balaban J connectivity index is 1.95. The first-order valence-electron chi connectivity index (χ1n) is 7.38. The van der Waals surface area contributed by atoms with E-state index in [2.05, 4.69) is 24.5 Å². The van der Waals surface area contributed by atoms with E-state index in [1.807, 2.05) is 0 Å². The number of carboxylic acid groups (broad SMARTS) is 1. The number of hydrogen-bond donors (Lipinski definition) is 3. The van der Waals surface area contributed by atoms with Gasteiger partial charge in [-0.1, -0.05) is 32.8 Å². The van der Waals surface area contributed by atoms with Crippen molar-refractivity contribution in [2.24, 2.45) is 11.8 Å². The van der Waals surface area contributed by atoms with Gasteiger partial charge in [-0.2, -0.15) is 0 Å². The van der Waals surface area contributed by atoms with Crippen LogP contribution in [-0.2, 0) is 0 Å². The van der Waals surface area contributed by atoms with Gasteiger partial charge in [0.2, 0.25) is 0 Å². The summed E-state index contributed by atoms with van der Waals surface area (Å²) >= 11 is 0. The van der Waals surface area contributed by atoms with Crippen molar-refractivity contribution in [3.63, 3.8) is 0 Å². The predicted molar refractivity (Wildman–Crippen MR) is 81.5 cm³/mol. The van der Waals surface area contributed by atoms with E-state index in [4.69, 9.17) is 5.11 Å². The molecule has 2 rings (SSSR count). The average Bonchev–Trinajstić information content (AvgIpc) is 2.44. The standard InChI is InChI=1S/C16H22N2O3/c1-10-5-3-8-14(11(10)2)18-16(21)17-13-7-4-6-12(9-13)15(19)20/h4,6-7,9-11,14H,3,5,8H2,1-2H3,(H,19,20)(H2,17,18,21). The molecule has 0 spiro atoms. The molecule has 1 aliphatic carbocycles. The maximum Gasteiger partial charge on any atom is 0.335 e. The Morgan fingerprint density at radius 1 is 1.24 bits per heavy atom. The lowest BCUT2D eigenvalue weighted by molar-refractivity contribution is 0.0697. The fraction of sp³-hybridized carbons (Fsp3) is 0.500. The van der Waals surface area contributed by atoms with E-state index in [0.717, 1.165) is 12.8 Å². The predicted octanol–water partition coefficient (Wildman–Crippen LogP) is 3.33. The number of aromatic carboxylic acids is 1. The zero-order valence-corrected chi connectivity index (χ0v) is 12.4. The molecule has 1 aromatic rings. The second-order valence-corrected chi connectivity index (χ2v) is 5.86. The highest BCUT2D eigenvalue weighted by molar-refractivity contribution is 5.93. The van der Waals surface area contributed by atoms with Crippen molar-refractivity contribution in [1.29, 1.82) is 0 Å². The summed E-state index contributed by atoms with van der Waals surface area (Å²) in [5.74, 6) is 0.0584. The molecule has 114 valence electrons. The van der Waals surface area contributed by atoms with Crippen LogP contribution in [0.4, 0.5) is 10.5 Å². The molecule has 3 atom stereocenters. The van der Waals surface area contributed by atoms with Gasteiger partial charge in [-0.3, -0.25) is 0 Å². The summed E-state index contributed by atoms with van der Waals surface area (Å²) in [6, 6.07) is 6.15. The molecule has 5 heteroatoms. The van der Waals surface area contributed by atoms with E-state index in [9.17, 15) is 9.59 Å². The summed E-state index contributed by atoms with van der Waals surface area (Å²) in [4.78, 5) is 23.0. The second-order valence-electron chi connectivity index (χ2n) is 5.86. The highest BCUT2D eigenvalue weighted by Gasteiger charge is 2.28. The normalized spacial score (nSPS) is 25.1. The lowest BCUT2D eigenvalue weighted by atomic mass is 9.78. The summed E-state index contributed by atoms with van der Waals surface area (Å²) in [5.41, 5.74) is 0.649. The minimum atomic E-state index is -1.01. The maximum atomic E-state index is 12.0. The van der Waals surface area contributed by atoms with Crippen LogP contribution in [0.15, 0.2) is 24.3 Å². The molecule has 1 saturated carbocycles. The highest BCUT2D eigenvalue weighted by Crippen LogP contribution is 2.29. The number of benzene rings is 1. The molecule has 0 radical (unpaired) electrons. The van der Waals surface area contributed by atoms with E-state index < -0.39 is 5.97 Å². The van der Waals surface area contributed by atoms with Crippen LogP contribution in [0.25, 0.3) is 0 Å². The number of urea groups is 1. The van der Waals surface area contributed by atoms with E-state index in [1.54, 1.807) is 12.1 Å². The summed E-state index contributed by atoms with van der Waals surface area (Å²) in [6.07, 6.45) is 3.33. The fourth-order valence-electron chi connectivity index (χ4n) is 2.85. The molecular weight excluding hydrogens is 268 g/mol. The van der Waals surface area contributed by atoms with Crippen molar-refractivity contribution >= 4 is 17.7 Å². The Hall–Kier alpha value is -2.04. The van der Waals surface area contributed by atoms with Crippen molar-refractivity contribution < 1.29 is 14.7 Å². The number of amides is 2. The third-order valence-electron chi connectivity index (χ3n) is 4.39. The largest absolute Gasteiger partial charge is 0.478 e. The zero-order chi connectivity index (χ0) is 15.4. The van der Waals surface area contributed by atoms with Gasteiger partial charge in [0.1, 0.15) is 0 Å². The first kappa shape index (κ1) is 15.4. The minimum absolute atomic E-state index is 0.160. The van der Waals surface area contributed by atoms with Crippen LogP contribution in [0.1, 0.15) is 43.5 Å². The van der Waals surface area contributed by atoms with E-state index in [0.29, 0.717) is 17.5 Å². The molecule has 0 aliphatic heterocycles. The lowest BCUT2D eigenvalue weighted by Crippen LogP contribution is -2.45. The van der Waals surface area contributed by atoms with Crippen LogP contribution < -0.4 is 10.6 Å². The number of rotatable bonds is 3. The topological polar surface area (TPSA) is 78.4 Å². The maximum absolute atomic E-state index is 12.0. The van der Waals surface area contributed by atoms with E-state index in [-0.39, 0.29) is 17.6 Å². The molecule has 21 heavy (non-hydrogen) atoms. The third-order valence-corrected chi connectivity index (χ3v) is 4.39. The number of anilines is 1. The molecule has 0 saturated heterocycles. The van der Waals surface area contributed by atoms with Gasteiger partial charge < -0.3 is 15.7 Å². The summed E-state index contributed by atoms with van der Waals surface area (Å²) in [7, 11) is 0. The van der Waals surface area contributed by atoms with Crippen molar-refractivity contribution in [1.82, 2.24) is 5.32 Å². The molecular formula is C16H22N2O3. The van der Waals surface area contributed by atoms with Gasteiger partial charge in [0.05, 0.1) is 5.56 Å². The smallest absolute Gasteiger partial charge is 0.335 e. The summed E-state index contributed by atoms with van der Waals surface area (Å²) < 4.78 is 0. The van der Waals surface area contributed by atoms with Crippen molar-refractivity contribution in [3.8, 4) is 0 Å². The zero-order valence-electron chi connectivity index (χ0n) is 12.4. The molecule has 3 N–H and O–H groups in total. The molecule has 2 amide bonds. The minimum Gasteiger partial charge on any atom is -0.478 e. The molecule has 3 unspecified atom stereocenters. The second kappa shape index (κ2) is 6.61. The Morgan fingerprint density at radius 3 is 2.71 bits per heavy atom. The van der Waals surface area contributed by atoms with Crippen molar-refractivity contribution in [2.45, 2.75) is 39.2 Å². The Bertz CT molecular complexity index is 530. The Kier molecular flexibility index (Phi) is 4.83.